The Bertz CT molecular complexity index is 1020. The maximum Gasteiger partial charge on any atom is 0.420 e. The number of rotatable bonds is 1. The summed E-state index contributed by atoms with van der Waals surface area (Å²) in [4.78, 5) is 19.6. The summed E-state index contributed by atoms with van der Waals surface area (Å²) in [5.74, 6) is 1.29. The summed E-state index contributed by atoms with van der Waals surface area (Å²) < 4.78 is 18.3. The minimum Gasteiger partial charge on any atom is -0.485 e. The maximum absolute atomic E-state index is 13.5. The fourth-order valence-electron chi connectivity index (χ4n) is 4.05. The van der Waals surface area contributed by atoms with Gasteiger partial charge in [0.05, 0.1) is 5.02 Å². The van der Waals surface area contributed by atoms with Crippen molar-refractivity contribution < 1.29 is 19.0 Å². The van der Waals surface area contributed by atoms with Gasteiger partial charge in [-0.3, -0.25) is 0 Å². The molecule has 0 spiro atoms. The van der Waals surface area contributed by atoms with Crippen LogP contribution in [0.3, 0.4) is 0 Å². The number of hydrogen-bond acceptors (Lipinski definition) is 5. The van der Waals surface area contributed by atoms with Gasteiger partial charge >= 0.3 is 6.09 Å². The largest absolute Gasteiger partial charge is 0.485 e. The molecule has 1 amide bonds. The van der Waals surface area contributed by atoms with Crippen LogP contribution in [0.25, 0.3) is 0 Å². The number of fused-ring (bicyclic) bond motifs is 2. The first-order chi connectivity index (χ1) is 14.7. The van der Waals surface area contributed by atoms with Gasteiger partial charge in [0.1, 0.15) is 23.7 Å². The third-order valence-corrected chi connectivity index (χ3v) is 6.61. The van der Waals surface area contributed by atoms with Gasteiger partial charge in [-0.2, -0.15) is 0 Å². The van der Waals surface area contributed by atoms with E-state index in [4.69, 9.17) is 25.8 Å². The van der Waals surface area contributed by atoms with Crippen molar-refractivity contribution in [2.75, 3.05) is 18.1 Å². The van der Waals surface area contributed by atoms with E-state index in [1.54, 1.807) is 12.3 Å². The van der Waals surface area contributed by atoms with Crippen molar-refractivity contribution in [3.05, 3.63) is 44.5 Å². The van der Waals surface area contributed by atoms with Crippen LogP contribution in [0.5, 0.6) is 5.75 Å². The van der Waals surface area contributed by atoms with Crippen LogP contribution in [0.1, 0.15) is 56.2 Å². The van der Waals surface area contributed by atoms with Crippen LogP contribution < -0.4 is 9.64 Å². The molecular weight excluding hydrogens is 484 g/mol. The van der Waals surface area contributed by atoms with Gasteiger partial charge in [-0.15, -0.1) is 0 Å². The Kier molecular flexibility index (Phi) is 6.21. The van der Waals surface area contributed by atoms with E-state index in [1.165, 1.54) is 4.90 Å². The average Bonchev–Trinajstić information content (AvgIpc) is 2.89. The van der Waals surface area contributed by atoms with Gasteiger partial charge in [0.2, 0.25) is 0 Å². The Hall–Kier alpha value is -1.83. The van der Waals surface area contributed by atoms with Crippen molar-refractivity contribution in [2.24, 2.45) is 0 Å². The fourth-order valence-corrected chi connectivity index (χ4v) is 4.85. The van der Waals surface area contributed by atoms with Gasteiger partial charge in [0.25, 0.3) is 0 Å². The molecule has 3 heterocycles. The highest BCUT2D eigenvalue weighted by Crippen LogP contribution is 2.49. The number of anilines is 2. The number of ether oxygens (including phenoxy) is 3. The van der Waals surface area contributed by atoms with Crippen molar-refractivity contribution in [1.29, 1.82) is 0 Å². The number of amides is 1. The van der Waals surface area contributed by atoms with Gasteiger partial charge in [0.15, 0.2) is 5.75 Å². The number of carbonyl (C=O) groups excluding carboxylic acids is 1. The molecule has 2 aromatic rings. The summed E-state index contributed by atoms with van der Waals surface area (Å²) in [5, 5.41) is 0.418. The lowest BCUT2D eigenvalue weighted by Crippen LogP contribution is -2.35. The second-order valence-corrected chi connectivity index (χ2v) is 10.1. The molecule has 1 fully saturated rings. The molecule has 1 saturated heterocycles. The lowest BCUT2D eigenvalue weighted by atomic mass is 9.89. The van der Waals surface area contributed by atoms with E-state index in [0.29, 0.717) is 28.2 Å². The van der Waals surface area contributed by atoms with Crippen LogP contribution in [0.4, 0.5) is 16.3 Å². The molecule has 1 aromatic heterocycles. The smallest absolute Gasteiger partial charge is 0.420 e. The molecule has 0 saturated carbocycles. The van der Waals surface area contributed by atoms with E-state index in [1.807, 2.05) is 33.8 Å². The van der Waals surface area contributed by atoms with Crippen molar-refractivity contribution in [3.63, 3.8) is 0 Å². The van der Waals surface area contributed by atoms with Crippen LogP contribution in [0.15, 0.2) is 22.8 Å². The molecule has 8 heteroatoms. The molecule has 6 nitrogen and oxygen atoms in total. The summed E-state index contributed by atoms with van der Waals surface area (Å²) in [6.07, 6.45) is 3.07. The van der Waals surface area contributed by atoms with Crippen LogP contribution in [-0.4, -0.2) is 29.9 Å². The van der Waals surface area contributed by atoms with Crippen molar-refractivity contribution in [2.45, 2.75) is 58.7 Å². The van der Waals surface area contributed by atoms with Gasteiger partial charge in [-0.1, -0.05) is 27.5 Å². The van der Waals surface area contributed by atoms with Gasteiger partial charge in [0, 0.05) is 29.4 Å². The number of benzene rings is 1. The molecule has 2 aliphatic heterocycles. The third kappa shape index (κ3) is 4.41. The molecule has 4 rings (SSSR count). The molecule has 2 aliphatic rings. The van der Waals surface area contributed by atoms with E-state index in [0.717, 1.165) is 47.2 Å². The molecule has 0 aliphatic carbocycles. The zero-order chi connectivity index (χ0) is 22.3. The number of nitrogens with zero attached hydrogens (tertiary/aromatic N) is 2. The highest BCUT2D eigenvalue weighted by Gasteiger charge is 2.36. The lowest BCUT2D eigenvalue weighted by molar-refractivity contribution is 0.0597. The molecule has 166 valence electrons. The molecule has 0 atom stereocenters. The Morgan fingerprint density at radius 3 is 2.71 bits per heavy atom. The second kappa shape index (κ2) is 8.60. The number of halogens is 2. The first-order valence-corrected chi connectivity index (χ1v) is 11.5. The summed E-state index contributed by atoms with van der Waals surface area (Å²) in [7, 11) is 0. The summed E-state index contributed by atoms with van der Waals surface area (Å²) >= 11 is 10.1. The summed E-state index contributed by atoms with van der Waals surface area (Å²) in [6.45, 7) is 9.14. The zero-order valence-corrected chi connectivity index (χ0v) is 20.5. The minimum absolute atomic E-state index is 0.267. The van der Waals surface area contributed by atoms with Crippen LogP contribution in [0, 0.1) is 6.92 Å². The standard InChI is InChI=1S/C23H26BrClN2O4/c1-13-17(24)11-18(25)20-19(13)27(22(28)31-23(2,3)4)21-16(12-30-20)15(5-8-26-21)14-6-9-29-10-7-14/h5,8,11,14H,6-7,9-10,12H2,1-4H3. The zero-order valence-electron chi connectivity index (χ0n) is 18.1. The normalized spacial score (nSPS) is 16.8. The predicted molar refractivity (Wildman–Crippen MR) is 124 cm³/mol. The van der Waals surface area contributed by atoms with Crippen LogP contribution in [-0.2, 0) is 16.1 Å². The summed E-state index contributed by atoms with van der Waals surface area (Å²) in [6, 6.07) is 3.80. The topological polar surface area (TPSA) is 60.9 Å². The van der Waals surface area contributed by atoms with Gasteiger partial charge in [-0.25, -0.2) is 14.7 Å². The Balaban J connectivity index is 1.92. The predicted octanol–water partition coefficient (Wildman–Crippen LogP) is 6.67. The number of pyridine rings is 1. The Morgan fingerprint density at radius 2 is 2.03 bits per heavy atom. The minimum atomic E-state index is -0.674. The molecule has 0 bridgehead atoms. The van der Waals surface area contributed by atoms with E-state index in [-0.39, 0.29) is 6.61 Å². The molecule has 31 heavy (non-hydrogen) atoms. The molecule has 0 unspecified atom stereocenters. The molecule has 1 aromatic carbocycles. The van der Waals surface area contributed by atoms with E-state index in [2.05, 4.69) is 20.9 Å². The quantitative estimate of drug-likeness (QED) is 0.430. The number of hydrogen-bond donors (Lipinski definition) is 0. The Morgan fingerprint density at radius 1 is 1.32 bits per heavy atom. The number of carbonyl (C=O) groups is 1. The van der Waals surface area contributed by atoms with E-state index >= 15 is 0 Å². The number of aromatic nitrogens is 1. The first kappa shape index (κ1) is 22.4. The second-order valence-electron chi connectivity index (χ2n) is 8.84. The average molecular weight is 510 g/mol. The van der Waals surface area contributed by atoms with E-state index in [9.17, 15) is 4.79 Å². The maximum atomic E-state index is 13.5. The highest BCUT2D eigenvalue weighted by molar-refractivity contribution is 9.10. The van der Waals surface area contributed by atoms with Crippen molar-refractivity contribution in [1.82, 2.24) is 4.98 Å². The lowest BCUT2D eigenvalue weighted by Gasteiger charge is -2.30. The van der Waals surface area contributed by atoms with Crippen LogP contribution >= 0.6 is 27.5 Å². The van der Waals surface area contributed by atoms with Crippen LogP contribution in [0.2, 0.25) is 5.02 Å². The van der Waals surface area contributed by atoms with Gasteiger partial charge in [-0.05, 0) is 69.7 Å². The molecule has 0 radical (unpaired) electrons. The monoisotopic (exact) mass is 508 g/mol. The summed E-state index contributed by atoms with van der Waals surface area (Å²) in [5.41, 5.74) is 2.69. The van der Waals surface area contributed by atoms with Gasteiger partial charge < -0.3 is 14.2 Å². The SMILES string of the molecule is Cc1c(Br)cc(Cl)c2c1N(C(=O)OC(C)(C)C)c1nccc(C3CCOCC3)c1CO2. The molecule has 0 N–H and O–H groups in total. The highest BCUT2D eigenvalue weighted by atomic mass is 79.9. The third-order valence-electron chi connectivity index (χ3n) is 5.50. The van der Waals surface area contributed by atoms with Crippen molar-refractivity contribution in [3.8, 4) is 5.75 Å². The van der Waals surface area contributed by atoms with E-state index < -0.39 is 11.7 Å². The van der Waals surface area contributed by atoms with Crippen molar-refractivity contribution >= 4 is 45.1 Å². The Labute approximate surface area is 196 Å². The fraction of sp³-hybridized carbons (Fsp3) is 0.478. The first-order valence-electron chi connectivity index (χ1n) is 10.4. The molecular formula is C23H26BrClN2O4.